The number of carbonyl (C=O) groups excluding carboxylic acids is 3. The van der Waals surface area contributed by atoms with E-state index in [1.165, 1.54) is 14.2 Å². The number of urea groups is 1. The highest BCUT2D eigenvalue weighted by molar-refractivity contribution is 6.30. The normalized spacial score (nSPS) is 23.4. The number of amides is 4. The zero-order valence-corrected chi connectivity index (χ0v) is 24.4. The van der Waals surface area contributed by atoms with Gasteiger partial charge in [0.15, 0.2) is 0 Å². The zero-order valence-electron chi connectivity index (χ0n) is 24.4. The van der Waals surface area contributed by atoms with Gasteiger partial charge in [-0.2, -0.15) is 0 Å². The number of piperidine rings is 1. The van der Waals surface area contributed by atoms with E-state index < -0.39 is 23.3 Å². The van der Waals surface area contributed by atoms with E-state index in [9.17, 15) is 19.2 Å². The molecule has 6 rings (SSSR count). The van der Waals surface area contributed by atoms with E-state index in [1.807, 2.05) is 10.6 Å². The van der Waals surface area contributed by atoms with Gasteiger partial charge in [-0.1, -0.05) is 18.2 Å². The molecule has 3 unspecified atom stereocenters. The number of nitrogens with one attached hydrogen (secondary N) is 1. The number of rotatable bonds is 8. The Balaban J connectivity index is 1.41. The largest absolute Gasteiger partial charge is 0.497 e. The topological polar surface area (TPSA) is 119 Å². The van der Waals surface area contributed by atoms with Crippen LogP contribution in [0, 0.1) is 11.3 Å². The first-order valence-electron chi connectivity index (χ1n) is 14.2. The number of pyridine rings is 1. The minimum Gasteiger partial charge on any atom is -0.497 e. The van der Waals surface area contributed by atoms with Crippen molar-refractivity contribution in [2.24, 2.45) is 11.3 Å². The molecule has 2 saturated heterocycles. The highest BCUT2D eigenvalue weighted by atomic mass is 16.5. The molecule has 0 radical (unpaired) electrons. The summed E-state index contributed by atoms with van der Waals surface area (Å²) in [6.07, 6.45) is 0.911. The van der Waals surface area contributed by atoms with Gasteiger partial charge in [-0.3, -0.25) is 19.7 Å². The lowest BCUT2D eigenvalue weighted by Gasteiger charge is -2.47. The van der Waals surface area contributed by atoms with Crippen molar-refractivity contribution in [2.75, 3.05) is 45.9 Å². The van der Waals surface area contributed by atoms with Crippen molar-refractivity contribution >= 4 is 23.5 Å². The summed E-state index contributed by atoms with van der Waals surface area (Å²) in [6, 6.07) is 16.4. The van der Waals surface area contributed by atoms with Gasteiger partial charge in [-0.15, -0.1) is 0 Å². The lowest BCUT2D eigenvalue weighted by molar-refractivity contribution is -0.144. The van der Waals surface area contributed by atoms with E-state index >= 15 is 0 Å². The van der Waals surface area contributed by atoms with Crippen LogP contribution in [0.1, 0.15) is 23.6 Å². The Morgan fingerprint density at radius 2 is 1.63 bits per heavy atom. The van der Waals surface area contributed by atoms with Gasteiger partial charge >= 0.3 is 6.03 Å². The molecule has 0 saturated carbocycles. The fourth-order valence-corrected chi connectivity index (χ4v) is 6.84. The summed E-state index contributed by atoms with van der Waals surface area (Å²) in [5.74, 6) is 0.471. The first-order chi connectivity index (χ1) is 20.8. The second kappa shape index (κ2) is 11.2. The summed E-state index contributed by atoms with van der Waals surface area (Å²) in [5, 5.41) is 2.48. The van der Waals surface area contributed by atoms with E-state index in [0.29, 0.717) is 48.1 Å². The number of fused-ring (bicyclic) bond motifs is 4. The van der Waals surface area contributed by atoms with E-state index in [0.717, 1.165) is 17.0 Å². The molecular formula is C32H34N4O7. The molecule has 1 N–H and O–H groups in total. The average Bonchev–Trinajstić information content (AvgIpc) is 3.01. The van der Waals surface area contributed by atoms with E-state index in [2.05, 4.69) is 10.2 Å². The molecular weight excluding hydrogens is 552 g/mol. The summed E-state index contributed by atoms with van der Waals surface area (Å²) in [5.41, 5.74) is 0.205. The van der Waals surface area contributed by atoms with Crippen LogP contribution in [0.15, 0.2) is 65.5 Å². The molecule has 4 amide bonds. The number of likely N-dealkylation sites (tertiary alicyclic amines) is 1. The molecule has 3 aliphatic rings. The molecule has 2 bridgehead atoms. The van der Waals surface area contributed by atoms with Crippen LogP contribution in [0.5, 0.6) is 17.2 Å². The standard InChI is InChI=1S/C32H34N4O7/c1-41-24-7-4-6-23(13-24)36-30(39)32(29(38)33-31(36)40,15-21-10-11-25(42-2)14-27(21)43-3)19-34-16-20-12-22(18-34)26-8-5-9-28(37)35(26)17-20/h4-11,13-14,20,22H,12,15-19H2,1-3H3,(H,33,38,40). The second-order valence-corrected chi connectivity index (χ2v) is 11.4. The maximum atomic E-state index is 14.6. The Morgan fingerprint density at radius 1 is 0.860 bits per heavy atom. The number of benzene rings is 2. The smallest absolute Gasteiger partial charge is 0.335 e. The van der Waals surface area contributed by atoms with Crippen molar-refractivity contribution in [3.05, 3.63) is 82.3 Å². The average molecular weight is 587 g/mol. The predicted molar refractivity (Wildman–Crippen MR) is 158 cm³/mol. The SMILES string of the molecule is COc1cccc(N2C(=O)NC(=O)C(Cc3ccc(OC)cc3OC)(CN3CC4CC(C3)c3cccc(=O)n3C4)C2=O)c1. The molecule has 11 nitrogen and oxygen atoms in total. The van der Waals surface area contributed by atoms with Crippen molar-refractivity contribution in [2.45, 2.75) is 25.3 Å². The Hall–Kier alpha value is -4.64. The number of anilines is 1. The molecule has 4 heterocycles. The Bertz CT molecular complexity index is 1650. The Morgan fingerprint density at radius 3 is 2.40 bits per heavy atom. The third-order valence-corrected chi connectivity index (χ3v) is 8.82. The van der Waals surface area contributed by atoms with Gasteiger partial charge in [0, 0.05) is 62.4 Å². The fourth-order valence-electron chi connectivity index (χ4n) is 6.84. The van der Waals surface area contributed by atoms with Crippen LogP contribution in [0.25, 0.3) is 0 Å². The number of methoxy groups -OCH3 is 3. The molecule has 3 aromatic rings. The predicted octanol–water partition coefficient (Wildman–Crippen LogP) is 2.81. The van der Waals surface area contributed by atoms with Gasteiger partial charge in [0.25, 0.3) is 11.5 Å². The van der Waals surface area contributed by atoms with E-state index in [1.54, 1.807) is 61.7 Å². The van der Waals surface area contributed by atoms with Crippen molar-refractivity contribution in [3.63, 3.8) is 0 Å². The summed E-state index contributed by atoms with van der Waals surface area (Å²) in [6.45, 7) is 1.82. The molecule has 3 aliphatic heterocycles. The third kappa shape index (κ3) is 5.03. The van der Waals surface area contributed by atoms with Gasteiger partial charge in [0.2, 0.25) is 5.91 Å². The van der Waals surface area contributed by atoms with Crippen LogP contribution in [-0.4, -0.2) is 68.3 Å². The first-order valence-corrected chi connectivity index (χ1v) is 14.2. The van der Waals surface area contributed by atoms with Crippen LogP contribution in [0.2, 0.25) is 0 Å². The second-order valence-electron chi connectivity index (χ2n) is 11.4. The monoisotopic (exact) mass is 586 g/mol. The number of imide groups is 2. The molecule has 11 heteroatoms. The molecule has 2 aromatic carbocycles. The maximum Gasteiger partial charge on any atom is 0.335 e. The zero-order chi connectivity index (χ0) is 30.3. The molecule has 2 fully saturated rings. The highest BCUT2D eigenvalue weighted by Gasteiger charge is 2.56. The molecule has 1 aromatic heterocycles. The molecule has 0 aliphatic carbocycles. The summed E-state index contributed by atoms with van der Waals surface area (Å²) in [4.78, 5) is 57.6. The van der Waals surface area contributed by atoms with Crippen LogP contribution < -0.4 is 30.0 Å². The first kappa shape index (κ1) is 28.5. The summed E-state index contributed by atoms with van der Waals surface area (Å²) in [7, 11) is 4.57. The van der Waals surface area contributed by atoms with Crippen LogP contribution in [-0.2, 0) is 22.6 Å². The number of hydrogen-bond donors (Lipinski definition) is 1. The van der Waals surface area contributed by atoms with Crippen LogP contribution in [0.3, 0.4) is 0 Å². The third-order valence-electron chi connectivity index (χ3n) is 8.82. The molecule has 224 valence electrons. The van der Waals surface area contributed by atoms with Crippen LogP contribution >= 0.6 is 0 Å². The number of barbiturate groups is 1. The quantitative estimate of drug-likeness (QED) is 0.401. The minimum absolute atomic E-state index is 0.0134. The Labute approximate surface area is 248 Å². The van der Waals surface area contributed by atoms with Gasteiger partial charge in [0.1, 0.15) is 22.7 Å². The minimum atomic E-state index is -1.67. The lowest BCUT2D eigenvalue weighted by atomic mass is 9.75. The summed E-state index contributed by atoms with van der Waals surface area (Å²) < 4.78 is 18.2. The number of ether oxygens (including phenoxy) is 3. The number of hydrogen-bond acceptors (Lipinski definition) is 8. The van der Waals surface area contributed by atoms with Crippen LogP contribution in [0.4, 0.5) is 10.5 Å². The van der Waals surface area contributed by atoms with E-state index in [-0.39, 0.29) is 30.4 Å². The van der Waals surface area contributed by atoms with Crippen molar-refractivity contribution in [1.29, 1.82) is 0 Å². The fraction of sp³-hybridized carbons (Fsp3) is 0.375. The van der Waals surface area contributed by atoms with Gasteiger partial charge in [-0.05, 0) is 42.2 Å². The molecule has 0 spiro atoms. The van der Waals surface area contributed by atoms with Crippen molar-refractivity contribution in [1.82, 2.24) is 14.8 Å². The highest BCUT2D eigenvalue weighted by Crippen LogP contribution is 2.41. The van der Waals surface area contributed by atoms with Crippen molar-refractivity contribution in [3.8, 4) is 17.2 Å². The van der Waals surface area contributed by atoms with Crippen molar-refractivity contribution < 1.29 is 28.6 Å². The number of carbonyl (C=O) groups is 3. The Kier molecular flexibility index (Phi) is 7.43. The van der Waals surface area contributed by atoms with Gasteiger partial charge in [-0.25, -0.2) is 9.69 Å². The van der Waals surface area contributed by atoms with Gasteiger partial charge < -0.3 is 23.7 Å². The summed E-state index contributed by atoms with van der Waals surface area (Å²) >= 11 is 0. The lowest BCUT2D eigenvalue weighted by Crippen LogP contribution is -2.68. The number of nitrogens with zero attached hydrogens (tertiary/aromatic N) is 3. The molecule has 3 atom stereocenters. The van der Waals surface area contributed by atoms with Gasteiger partial charge in [0.05, 0.1) is 27.0 Å². The van der Waals surface area contributed by atoms with E-state index in [4.69, 9.17) is 14.2 Å². The number of aromatic nitrogens is 1. The maximum absolute atomic E-state index is 14.6. The molecule has 43 heavy (non-hydrogen) atoms.